The van der Waals surface area contributed by atoms with Gasteiger partial charge in [0.1, 0.15) is 5.82 Å². The van der Waals surface area contributed by atoms with E-state index in [0.717, 1.165) is 18.7 Å². The number of benzene rings is 1. The molecule has 1 atom stereocenters. The van der Waals surface area contributed by atoms with E-state index in [1.807, 2.05) is 19.1 Å². The number of halogens is 1. The molecule has 0 amide bonds. The Labute approximate surface area is 122 Å². The van der Waals surface area contributed by atoms with Crippen LogP contribution in [0.3, 0.4) is 0 Å². The molecule has 0 aliphatic carbocycles. The second-order valence-corrected chi connectivity index (χ2v) is 6.21. The lowest BCUT2D eigenvalue weighted by atomic mass is 10.1. The Morgan fingerprint density at radius 1 is 1.15 bits per heavy atom. The second-order valence-electron chi connectivity index (χ2n) is 6.21. The Morgan fingerprint density at radius 2 is 1.85 bits per heavy atom. The van der Waals surface area contributed by atoms with Gasteiger partial charge in [-0.05, 0) is 43.0 Å². The maximum absolute atomic E-state index is 13.8. The van der Waals surface area contributed by atoms with Crippen LogP contribution in [0.1, 0.15) is 45.7 Å². The molecule has 1 aromatic rings. The molecule has 114 valence electrons. The van der Waals surface area contributed by atoms with E-state index >= 15 is 0 Å². The van der Waals surface area contributed by atoms with Crippen molar-refractivity contribution < 1.29 is 9.13 Å². The van der Waals surface area contributed by atoms with Crippen molar-refractivity contribution >= 4 is 0 Å². The smallest absolute Gasteiger partial charge is 0.128 e. The Kier molecular flexibility index (Phi) is 7.17. The Hall–Kier alpha value is -0.930. The average Bonchev–Trinajstić information content (AvgIpc) is 2.38. The van der Waals surface area contributed by atoms with Gasteiger partial charge in [0.15, 0.2) is 0 Å². The number of hydrogen-bond acceptors (Lipinski definition) is 2. The summed E-state index contributed by atoms with van der Waals surface area (Å²) in [6.07, 6.45) is 0.136. The summed E-state index contributed by atoms with van der Waals surface area (Å²) in [5.74, 6) is 0.868. The first kappa shape index (κ1) is 17.1. The molecule has 2 nitrogen and oxygen atoms in total. The summed E-state index contributed by atoms with van der Waals surface area (Å²) in [7, 11) is 0. The number of rotatable bonds is 8. The van der Waals surface area contributed by atoms with Crippen molar-refractivity contribution in [3.8, 4) is 0 Å². The molecular formula is C17H28FNO. The van der Waals surface area contributed by atoms with Crippen molar-refractivity contribution in [1.29, 1.82) is 0 Å². The summed E-state index contributed by atoms with van der Waals surface area (Å²) < 4.78 is 19.5. The number of hydrogen-bond donors (Lipinski definition) is 1. The minimum Gasteiger partial charge on any atom is -0.373 e. The Balaban J connectivity index is 2.57. The molecule has 0 aromatic heterocycles. The zero-order valence-electron chi connectivity index (χ0n) is 13.4. The van der Waals surface area contributed by atoms with Crippen molar-refractivity contribution in [2.75, 3.05) is 6.54 Å². The van der Waals surface area contributed by atoms with Crippen LogP contribution < -0.4 is 5.32 Å². The lowest BCUT2D eigenvalue weighted by molar-refractivity contribution is 0.0221. The summed E-state index contributed by atoms with van der Waals surface area (Å²) in [5.41, 5.74) is 1.74. The van der Waals surface area contributed by atoms with E-state index in [1.54, 1.807) is 0 Å². The van der Waals surface area contributed by atoms with Gasteiger partial charge < -0.3 is 10.1 Å². The fourth-order valence-electron chi connectivity index (χ4n) is 1.77. The molecule has 20 heavy (non-hydrogen) atoms. The van der Waals surface area contributed by atoms with Gasteiger partial charge in [-0.15, -0.1) is 0 Å². The van der Waals surface area contributed by atoms with Crippen LogP contribution in [0.4, 0.5) is 4.39 Å². The molecule has 0 aliphatic heterocycles. The van der Waals surface area contributed by atoms with Gasteiger partial charge in [0.25, 0.3) is 0 Å². The van der Waals surface area contributed by atoms with Crippen molar-refractivity contribution in [1.82, 2.24) is 5.32 Å². The van der Waals surface area contributed by atoms with Crippen LogP contribution >= 0.6 is 0 Å². The molecule has 0 saturated heterocycles. The first-order valence-electron chi connectivity index (χ1n) is 7.49. The van der Waals surface area contributed by atoms with Crippen LogP contribution in [0.2, 0.25) is 0 Å². The quantitative estimate of drug-likeness (QED) is 0.773. The molecule has 1 N–H and O–H groups in total. The van der Waals surface area contributed by atoms with E-state index in [0.29, 0.717) is 24.0 Å². The molecule has 0 radical (unpaired) electrons. The molecule has 0 heterocycles. The van der Waals surface area contributed by atoms with Crippen LogP contribution in [-0.2, 0) is 17.9 Å². The van der Waals surface area contributed by atoms with E-state index in [-0.39, 0.29) is 11.9 Å². The molecule has 0 spiro atoms. The highest BCUT2D eigenvalue weighted by Gasteiger charge is 2.10. The maximum Gasteiger partial charge on any atom is 0.128 e. The first-order valence-corrected chi connectivity index (χ1v) is 7.49. The molecular weight excluding hydrogens is 253 g/mol. The summed E-state index contributed by atoms with van der Waals surface area (Å²) in [5, 5.41) is 3.37. The third-order valence-corrected chi connectivity index (χ3v) is 3.43. The van der Waals surface area contributed by atoms with Crippen LogP contribution in [0.15, 0.2) is 18.2 Å². The van der Waals surface area contributed by atoms with Gasteiger partial charge in [-0.2, -0.15) is 0 Å². The van der Waals surface area contributed by atoms with E-state index in [1.165, 1.54) is 6.07 Å². The lowest BCUT2D eigenvalue weighted by Crippen LogP contribution is -2.19. The molecule has 0 aliphatic rings. The van der Waals surface area contributed by atoms with Crippen molar-refractivity contribution in [3.63, 3.8) is 0 Å². The van der Waals surface area contributed by atoms with E-state index in [4.69, 9.17) is 4.74 Å². The highest BCUT2D eigenvalue weighted by molar-refractivity contribution is 5.24. The van der Waals surface area contributed by atoms with Crippen LogP contribution in [0, 0.1) is 17.7 Å². The van der Waals surface area contributed by atoms with E-state index in [2.05, 4.69) is 33.0 Å². The lowest BCUT2D eigenvalue weighted by Gasteiger charge is -2.17. The van der Waals surface area contributed by atoms with E-state index < -0.39 is 0 Å². The molecule has 0 fully saturated rings. The number of nitrogens with one attached hydrogen (secondary N) is 1. The van der Waals surface area contributed by atoms with Crippen molar-refractivity contribution in [2.45, 2.75) is 53.9 Å². The summed E-state index contributed by atoms with van der Waals surface area (Å²) in [6.45, 7) is 12.6. The van der Waals surface area contributed by atoms with E-state index in [9.17, 15) is 4.39 Å². The molecule has 1 aromatic carbocycles. The average molecular weight is 281 g/mol. The molecule has 3 heteroatoms. The molecule has 0 bridgehead atoms. The monoisotopic (exact) mass is 281 g/mol. The molecule has 1 rings (SSSR count). The van der Waals surface area contributed by atoms with Gasteiger partial charge in [0, 0.05) is 12.1 Å². The normalized spacial score (nSPS) is 13.2. The van der Waals surface area contributed by atoms with Crippen LogP contribution in [0.25, 0.3) is 0 Å². The van der Waals surface area contributed by atoms with Gasteiger partial charge in [-0.1, -0.05) is 33.8 Å². The van der Waals surface area contributed by atoms with Gasteiger partial charge in [-0.25, -0.2) is 4.39 Å². The largest absolute Gasteiger partial charge is 0.373 e. The predicted molar refractivity (Wildman–Crippen MR) is 82.0 cm³/mol. The Morgan fingerprint density at radius 3 is 2.45 bits per heavy atom. The maximum atomic E-state index is 13.8. The van der Waals surface area contributed by atoms with Gasteiger partial charge in [-0.3, -0.25) is 0 Å². The van der Waals surface area contributed by atoms with Crippen molar-refractivity contribution in [3.05, 3.63) is 35.1 Å². The number of ether oxygens (including phenoxy) is 1. The van der Waals surface area contributed by atoms with Crippen LogP contribution in [-0.4, -0.2) is 12.6 Å². The fraction of sp³-hybridized carbons (Fsp3) is 0.647. The zero-order valence-corrected chi connectivity index (χ0v) is 13.4. The minimum absolute atomic E-state index is 0.136. The van der Waals surface area contributed by atoms with Crippen LogP contribution in [0.5, 0.6) is 0 Å². The summed E-state index contributed by atoms with van der Waals surface area (Å²) >= 11 is 0. The third kappa shape index (κ3) is 6.02. The van der Waals surface area contributed by atoms with Gasteiger partial charge >= 0.3 is 0 Å². The van der Waals surface area contributed by atoms with Gasteiger partial charge in [0.2, 0.25) is 0 Å². The molecule has 1 unspecified atom stereocenters. The zero-order chi connectivity index (χ0) is 15.1. The Bertz CT molecular complexity index is 404. The molecule has 0 saturated carbocycles. The second kappa shape index (κ2) is 8.38. The highest BCUT2D eigenvalue weighted by Crippen LogP contribution is 2.15. The summed E-state index contributed by atoms with van der Waals surface area (Å²) in [4.78, 5) is 0. The fourth-order valence-corrected chi connectivity index (χ4v) is 1.77. The third-order valence-electron chi connectivity index (χ3n) is 3.43. The minimum atomic E-state index is -0.187. The van der Waals surface area contributed by atoms with Gasteiger partial charge in [0.05, 0.1) is 12.7 Å². The standard InChI is InChI=1S/C17H28FNO/c1-12(2)9-19-10-15-6-7-17(18)16(8-15)11-20-14(5)13(3)4/h6-8,12-14,19H,9-11H2,1-5H3. The summed E-state index contributed by atoms with van der Waals surface area (Å²) in [6, 6.07) is 5.26. The SMILES string of the molecule is CC(C)CNCc1ccc(F)c(COC(C)C(C)C)c1. The van der Waals surface area contributed by atoms with Crippen molar-refractivity contribution in [2.24, 2.45) is 11.8 Å². The predicted octanol–water partition coefficient (Wildman–Crippen LogP) is 4.13. The highest BCUT2D eigenvalue weighted by atomic mass is 19.1. The topological polar surface area (TPSA) is 21.3 Å². The first-order chi connectivity index (χ1) is 9.40.